The molecule has 4 heteroatoms. The Bertz CT molecular complexity index is 746. The van der Waals surface area contributed by atoms with Crippen LogP contribution in [0.25, 0.3) is 0 Å². The summed E-state index contributed by atoms with van der Waals surface area (Å²) >= 11 is 0. The van der Waals surface area contributed by atoms with E-state index in [0.29, 0.717) is 0 Å². The number of hydrogen-bond acceptors (Lipinski definition) is 3. The van der Waals surface area contributed by atoms with Gasteiger partial charge in [-0.25, -0.2) is 0 Å². The zero-order valence-corrected chi connectivity index (χ0v) is 17.4. The molecule has 3 rings (SSSR count). The minimum absolute atomic E-state index is 1.05. The Labute approximate surface area is 158 Å². The summed E-state index contributed by atoms with van der Waals surface area (Å²) in [5.41, 5.74) is 6.81. The largest absolute Gasteiger partial charge is 0.357 e. The molecule has 0 aliphatic carbocycles. The van der Waals surface area contributed by atoms with Gasteiger partial charge in [0.2, 0.25) is 0 Å². The fraction of sp³-hybridized carbons (Fsp3) is 0.591. The fourth-order valence-electron chi connectivity index (χ4n) is 4.58. The maximum Gasteiger partial charge on any atom is 0.160 e. The average Bonchev–Trinajstić information content (AvgIpc) is 2.90. The van der Waals surface area contributed by atoms with Crippen LogP contribution in [-0.2, 0) is 13.5 Å². The third-order valence-corrected chi connectivity index (χ3v) is 5.35. The van der Waals surface area contributed by atoms with Crippen LogP contribution in [0.4, 0.5) is 17.3 Å². The average molecular weight is 355 g/mol. The number of hydrogen-bond donors (Lipinski definition) is 0. The molecule has 26 heavy (non-hydrogen) atoms. The second kappa shape index (κ2) is 7.73. The number of fused-ring (bicyclic) bond motifs is 1. The Balaban J connectivity index is 2.08. The van der Waals surface area contributed by atoms with Crippen LogP contribution >= 0.6 is 0 Å². The van der Waals surface area contributed by atoms with Crippen LogP contribution < -0.4 is 9.80 Å². The first-order valence-electron chi connectivity index (χ1n) is 10.1. The van der Waals surface area contributed by atoms with Crippen molar-refractivity contribution in [1.82, 2.24) is 9.78 Å². The molecule has 0 radical (unpaired) electrons. The Kier molecular flexibility index (Phi) is 5.59. The summed E-state index contributed by atoms with van der Waals surface area (Å²) in [6.07, 6.45) is 4.65. The van der Waals surface area contributed by atoms with Crippen molar-refractivity contribution in [3.05, 3.63) is 34.4 Å². The van der Waals surface area contributed by atoms with Gasteiger partial charge < -0.3 is 9.80 Å². The molecule has 0 N–H and O–H groups in total. The molecule has 0 saturated carbocycles. The molecule has 0 bridgehead atoms. The van der Waals surface area contributed by atoms with Gasteiger partial charge in [0, 0.05) is 37.9 Å². The Hall–Kier alpha value is -1.97. The molecule has 1 aromatic carbocycles. The predicted molar refractivity (Wildman–Crippen MR) is 112 cm³/mol. The molecule has 0 fully saturated rings. The maximum absolute atomic E-state index is 5.00. The molecule has 0 spiro atoms. The highest BCUT2D eigenvalue weighted by Gasteiger charge is 2.29. The molecule has 142 valence electrons. The molecule has 0 unspecified atom stereocenters. The fourth-order valence-corrected chi connectivity index (χ4v) is 4.58. The van der Waals surface area contributed by atoms with E-state index in [4.69, 9.17) is 5.10 Å². The number of aromatic nitrogens is 2. The quantitative estimate of drug-likeness (QED) is 0.725. The first-order valence-corrected chi connectivity index (χ1v) is 10.1. The molecule has 1 aliphatic heterocycles. The second-order valence-electron chi connectivity index (χ2n) is 7.74. The third-order valence-electron chi connectivity index (χ3n) is 5.35. The molecular formula is C22H34N4. The summed E-state index contributed by atoms with van der Waals surface area (Å²) in [6.45, 7) is 14.4. The monoisotopic (exact) mass is 354 g/mol. The highest BCUT2D eigenvalue weighted by molar-refractivity contribution is 5.74. The van der Waals surface area contributed by atoms with Crippen molar-refractivity contribution < 1.29 is 0 Å². The van der Waals surface area contributed by atoms with Gasteiger partial charge in [0.1, 0.15) is 5.82 Å². The lowest BCUT2D eigenvalue weighted by Crippen LogP contribution is -2.29. The van der Waals surface area contributed by atoms with Crippen molar-refractivity contribution in [3.63, 3.8) is 0 Å². The zero-order valence-electron chi connectivity index (χ0n) is 17.4. The van der Waals surface area contributed by atoms with Crippen molar-refractivity contribution in [2.75, 3.05) is 29.4 Å². The smallest absolute Gasteiger partial charge is 0.160 e. The second-order valence-corrected chi connectivity index (χ2v) is 7.74. The zero-order chi connectivity index (χ0) is 18.8. The first kappa shape index (κ1) is 18.8. The van der Waals surface area contributed by atoms with E-state index < -0.39 is 0 Å². The standard InChI is InChI=1S/C22H34N4/c1-7-11-25(12-8-2)22-19-10-9-13-26(21(19)23-24(22)6)20-17(4)14-16(3)15-18(20)5/h14-15H,7-13H2,1-6H3. The van der Waals surface area contributed by atoms with Crippen LogP contribution in [0.15, 0.2) is 12.1 Å². The topological polar surface area (TPSA) is 24.3 Å². The van der Waals surface area contributed by atoms with Gasteiger partial charge >= 0.3 is 0 Å². The van der Waals surface area contributed by atoms with Gasteiger partial charge in [0.25, 0.3) is 0 Å². The minimum atomic E-state index is 1.05. The van der Waals surface area contributed by atoms with Gasteiger partial charge in [-0.05, 0) is 57.6 Å². The molecule has 2 aromatic rings. The maximum atomic E-state index is 5.00. The Morgan fingerprint density at radius 3 is 2.23 bits per heavy atom. The van der Waals surface area contributed by atoms with Gasteiger partial charge in [-0.3, -0.25) is 4.68 Å². The van der Waals surface area contributed by atoms with Crippen LogP contribution in [0.2, 0.25) is 0 Å². The van der Waals surface area contributed by atoms with Crippen molar-refractivity contribution in [3.8, 4) is 0 Å². The van der Waals surface area contributed by atoms with Crippen LogP contribution in [0.3, 0.4) is 0 Å². The summed E-state index contributed by atoms with van der Waals surface area (Å²) in [6, 6.07) is 4.59. The molecule has 0 saturated heterocycles. The third kappa shape index (κ3) is 3.34. The van der Waals surface area contributed by atoms with Gasteiger partial charge in [-0.15, -0.1) is 0 Å². The summed E-state index contributed by atoms with van der Waals surface area (Å²) in [5, 5.41) is 5.00. The van der Waals surface area contributed by atoms with E-state index in [9.17, 15) is 0 Å². The van der Waals surface area contributed by atoms with Crippen LogP contribution in [-0.4, -0.2) is 29.4 Å². The normalized spacial score (nSPS) is 13.8. The van der Waals surface area contributed by atoms with Gasteiger partial charge in [-0.2, -0.15) is 5.10 Å². The van der Waals surface area contributed by atoms with Gasteiger partial charge in [0.15, 0.2) is 5.82 Å². The van der Waals surface area contributed by atoms with E-state index >= 15 is 0 Å². The molecule has 1 aromatic heterocycles. The summed E-state index contributed by atoms with van der Waals surface area (Å²) < 4.78 is 2.12. The van der Waals surface area contributed by atoms with Crippen molar-refractivity contribution in [2.45, 2.75) is 60.3 Å². The van der Waals surface area contributed by atoms with E-state index in [1.807, 2.05) is 0 Å². The van der Waals surface area contributed by atoms with Crippen molar-refractivity contribution >= 4 is 17.3 Å². The summed E-state index contributed by atoms with van der Waals surface area (Å²) in [7, 11) is 2.11. The highest BCUT2D eigenvalue weighted by Crippen LogP contribution is 2.40. The molecule has 0 amide bonds. The van der Waals surface area contributed by atoms with Crippen LogP contribution in [0.1, 0.15) is 55.4 Å². The molecule has 2 heterocycles. The van der Waals surface area contributed by atoms with E-state index in [2.05, 4.69) is 68.3 Å². The van der Waals surface area contributed by atoms with E-state index in [-0.39, 0.29) is 0 Å². The van der Waals surface area contributed by atoms with Crippen molar-refractivity contribution in [2.24, 2.45) is 7.05 Å². The summed E-state index contributed by atoms with van der Waals surface area (Å²) in [4.78, 5) is 4.99. The molecule has 1 aliphatic rings. The van der Waals surface area contributed by atoms with Gasteiger partial charge in [0.05, 0.1) is 0 Å². The van der Waals surface area contributed by atoms with E-state index in [1.54, 1.807) is 0 Å². The molecular weight excluding hydrogens is 320 g/mol. The SMILES string of the molecule is CCCN(CCC)c1c2c(nn1C)N(c1c(C)cc(C)cc1C)CCC2. The molecule has 4 nitrogen and oxygen atoms in total. The van der Waals surface area contributed by atoms with Crippen LogP contribution in [0, 0.1) is 20.8 Å². The lowest BCUT2D eigenvalue weighted by Gasteiger charge is -2.32. The Morgan fingerprint density at radius 1 is 1.04 bits per heavy atom. The highest BCUT2D eigenvalue weighted by atomic mass is 15.4. The van der Waals surface area contributed by atoms with E-state index in [0.717, 1.165) is 26.1 Å². The van der Waals surface area contributed by atoms with E-state index in [1.165, 1.54) is 58.8 Å². The number of aryl methyl sites for hydroxylation is 4. The first-order chi connectivity index (χ1) is 12.5. The lowest BCUT2D eigenvalue weighted by molar-refractivity contribution is 0.678. The minimum Gasteiger partial charge on any atom is -0.357 e. The van der Waals surface area contributed by atoms with Gasteiger partial charge in [-0.1, -0.05) is 31.5 Å². The lowest BCUT2D eigenvalue weighted by atomic mass is 10.00. The molecule has 0 atom stereocenters. The number of anilines is 3. The number of rotatable bonds is 6. The van der Waals surface area contributed by atoms with Crippen molar-refractivity contribution in [1.29, 1.82) is 0 Å². The number of nitrogens with zero attached hydrogens (tertiary/aromatic N) is 4. The Morgan fingerprint density at radius 2 is 1.65 bits per heavy atom. The summed E-state index contributed by atoms with van der Waals surface area (Å²) in [5.74, 6) is 2.50. The predicted octanol–water partition coefficient (Wildman–Crippen LogP) is 5.06. The number of benzene rings is 1. The van der Waals surface area contributed by atoms with Crippen LogP contribution in [0.5, 0.6) is 0 Å².